The van der Waals surface area contributed by atoms with Crippen molar-refractivity contribution in [2.75, 3.05) is 21.9 Å². The quantitative estimate of drug-likeness (QED) is 0.143. The Morgan fingerprint density at radius 2 is 1.45 bits per heavy atom. The van der Waals surface area contributed by atoms with E-state index in [1.54, 1.807) is 18.2 Å². The molecule has 4 aromatic rings. The molecule has 42 heavy (non-hydrogen) atoms. The van der Waals surface area contributed by atoms with E-state index in [1.807, 2.05) is 0 Å². The summed E-state index contributed by atoms with van der Waals surface area (Å²) in [5.74, 6) is -0.331. The van der Waals surface area contributed by atoms with Crippen LogP contribution in [0.4, 0.5) is 22.7 Å². The number of sulfonamides is 2. The Labute approximate surface area is 250 Å². The van der Waals surface area contributed by atoms with Gasteiger partial charge in [-0.3, -0.25) is 24.4 Å². The van der Waals surface area contributed by atoms with Crippen molar-refractivity contribution < 1.29 is 31.3 Å². The van der Waals surface area contributed by atoms with Crippen molar-refractivity contribution in [3.63, 3.8) is 0 Å². The number of carbonyl (C=O) groups is 1. The van der Waals surface area contributed by atoms with Crippen LogP contribution in [-0.2, 0) is 20.0 Å². The van der Waals surface area contributed by atoms with Crippen LogP contribution in [0.2, 0.25) is 10.0 Å². The van der Waals surface area contributed by atoms with Gasteiger partial charge in [0, 0.05) is 23.0 Å². The van der Waals surface area contributed by atoms with Gasteiger partial charge >= 0.3 is 0 Å². The maximum Gasteiger partial charge on any atom is 0.289 e. The number of amides is 1. The number of nitro groups is 1. The van der Waals surface area contributed by atoms with Gasteiger partial charge in [0.15, 0.2) is 0 Å². The minimum atomic E-state index is -4.21. The number of nitrogens with zero attached hydrogens (tertiary/aromatic N) is 1. The lowest BCUT2D eigenvalue weighted by Crippen LogP contribution is -2.16. The number of nitrogens with one attached hydrogen (secondary N) is 3. The Morgan fingerprint density at radius 3 is 2.12 bits per heavy atom. The Bertz CT molecular complexity index is 1900. The highest BCUT2D eigenvalue weighted by Gasteiger charge is 2.22. The molecule has 0 fully saturated rings. The van der Waals surface area contributed by atoms with Crippen molar-refractivity contribution in [1.29, 1.82) is 0 Å². The zero-order valence-electron chi connectivity index (χ0n) is 21.4. The SMILES string of the molecule is COc1ccccc1NS(=O)(=O)c1cc(NC(=O)c2ccc(NS(=O)(=O)c3ccc(Cl)c([N+](=O)[O-])c3)cc2)ccc1Cl. The molecule has 0 unspecified atom stereocenters. The van der Waals surface area contributed by atoms with E-state index in [9.17, 15) is 31.7 Å². The molecule has 0 radical (unpaired) electrons. The minimum absolute atomic E-state index is 0.0754. The molecule has 0 aliphatic carbocycles. The second-order valence-corrected chi connectivity index (χ2v) is 12.6. The van der Waals surface area contributed by atoms with Crippen molar-refractivity contribution in [2.45, 2.75) is 9.79 Å². The van der Waals surface area contributed by atoms with E-state index in [4.69, 9.17) is 27.9 Å². The van der Waals surface area contributed by atoms with Gasteiger partial charge in [0.2, 0.25) is 0 Å². The highest BCUT2D eigenvalue weighted by Crippen LogP contribution is 2.31. The summed E-state index contributed by atoms with van der Waals surface area (Å²) >= 11 is 11.9. The molecule has 0 heterocycles. The number of benzene rings is 4. The smallest absolute Gasteiger partial charge is 0.289 e. The summed E-state index contributed by atoms with van der Waals surface area (Å²) in [7, 11) is -7.00. The molecule has 4 aromatic carbocycles. The molecule has 1 amide bonds. The number of methoxy groups -OCH3 is 1. The van der Waals surface area contributed by atoms with Crippen LogP contribution in [-0.4, -0.2) is 34.8 Å². The van der Waals surface area contributed by atoms with E-state index < -0.39 is 36.6 Å². The predicted molar refractivity (Wildman–Crippen MR) is 159 cm³/mol. The van der Waals surface area contributed by atoms with Crippen LogP contribution in [0.3, 0.4) is 0 Å². The zero-order chi connectivity index (χ0) is 30.7. The highest BCUT2D eigenvalue weighted by molar-refractivity contribution is 7.93. The molecule has 3 N–H and O–H groups in total. The van der Waals surface area contributed by atoms with E-state index in [-0.39, 0.29) is 42.5 Å². The fraction of sp³-hybridized carbons (Fsp3) is 0.0385. The predicted octanol–water partition coefficient (Wildman–Crippen LogP) is 5.76. The van der Waals surface area contributed by atoms with E-state index >= 15 is 0 Å². The number of hydrogen-bond donors (Lipinski definition) is 3. The maximum absolute atomic E-state index is 13.1. The monoisotopic (exact) mass is 650 g/mol. The molecule has 0 saturated heterocycles. The van der Waals surface area contributed by atoms with E-state index in [0.29, 0.717) is 5.75 Å². The van der Waals surface area contributed by atoms with Gasteiger partial charge in [-0.15, -0.1) is 0 Å². The van der Waals surface area contributed by atoms with Crippen LogP contribution >= 0.6 is 23.2 Å². The standard InChI is InChI=1S/C26H20Cl2N4O8S2/c1-40-24-5-3-2-4-22(24)31-42(38,39)25-14-18(10-12-21(25)28)29-26(33)16-6-8-17(9-7-16)30-41(36,37)19-11-13-20(27)23(15-19)32(34)35/h2-15,30-31H,1H3,(H,29,33). The van der Waals surface area contributed by atoms with Gasteiger partial charge in [0.25, 0.3) is 31.6 Å². The normalized spacial score (nSPS) is 11.4. The molecule has 4 rings (SSSR count). The van der Waals surface area contributed by atoms with Crippen molar-refractivity contribution in [3.05, 3.63) is 111 Å². The third kappa shape index (κ3) is 6.91. The van der Waals surface area contributed by atoms with Gasteiger partial charge in [-0.25, -0.2) is 16.8 Å². The van der Waals surface area contributed by atoms with Crippen molar-refractivity contribution in [2.24, 2.45) is 0 Å². The lowest BCUT2D eigenvalue weighted by atomic mass is 10.2. The number of ether oxygens (including phenoxy) is 1. The summed E-state index contributed by atoms with van der Waals surface area (Å²) in [6, 6.07) is 18.6. The van der Waals surface area contributed by atoms with Crippen LogP contribution in [0, 0.1) is 10.1 Å². The van der Waals surface area contributed by atoms with Gasteiger partial charge in [0.05, 0.1) is 27.6 Å². The lowest BCUT2D eigenvalue weighted by molar-refractivity contribution is -0.384. The van der Waals surface area contributed by atoms with Gasteiger partial charge in [0.1, 0.15) is 15.7 Å². The van der Waals surface area contributed by atoms with Gasteiger partial charge < -0.3 is 10.1 Å². The minimum Gasteiger partial charge on any atom is -0.495 e. The first-order chi connectivity index (χ1) is 19.8. The van der Waals surface area contributed by atoms with E-state index in [2.05, 4.69) is 14.8 Å². The van der Waals surface area contributed by atoms with Crippen LogP contribution < -0.4 is 19.5 Å². The largest absolute Gasteiger partial charge is 0.495 e. The maximum atomic E-state index is 13.1. The van der Waals surface area contributed by atoms with Crippen LogP contribution in [0.5, 0.6) is 5.75 Å². The van der Waals surface area contributed by atoms with Crippen molar-refractivity contribution in [1.82, 2.24) is 0 Å². The van der Waals surface area contributed by atoms with Crippen LogP contribution in [0.15, 0.2) is 94.7 Å². The van der Waals surface area contributed by atoms with Gasteiger partial charge in [-0.1, -0.05) is 35.3 Å². The Hall–Kier alpha value is -4.37. The van der Waals surface area contributed by atoms with Crippen molar-refractivity contribution >= 4 is 71.9 Å². The second kappa shape index (κ2) is 12.2. The first kappa shape index (κ1) is 30.6. The number of hydrogen-bond acceptors (Lipinski definition) is 8. The first-order valence-corrected chi connectivity index (χ1v) is 15.4. The highest BCUT2D eigenvalue weighted by atomic mass is 35.5. The summed E-state index contributed by atoms with van der Waals surface area (Å²) in [5.41, 5.74) is -0.0623. The van der Waals surface area contributed by atoms with Crippen LogP contribution in [0.1, 0.15) is 10.4 Å². The Kier molecular flexibility index (Phi) is 8.92. The van der Waals surface area contributed by atoms with Gasteiger partial charge in [-0.05, 0) is 66.7 Å². The van der Waals surface area contributed by atoms with E-state index in [0.717, 1.165) is 18.2 Å². The molecule has 0 aromatic heterocycles. The number of nitro benzene ring substituents is 1. The topological polar surface area (TPSA) is 174 Å². The molecule has 16 heteroatoms. The number of anilines is 3. The molecular formula is C26H20Cl2N4O8S2. The zero-order valence-corrected chi connectivity index (χ0v) is 24.5. The second-order valence-electron chi connectivity index (χ2n) is 8.46. The molecule has 0 bridgehead atoms. The fourth-order valence-corrected chi connectivity index (χ4v) is 6.48. The average molecular weight is 652 g/mol. The number of rotatable bonds is 10. The third-order valence-electron chi connectivity index (χ3n) is 5.65. The molecular weight excluding hydrogens is 631 g/mol. The number of para-hydroxylation sites is 2. The number of halogens is 2. The molecule has 0 aliphatic heterocycles. The first-order valence-electron chi connectivity index (χ1n) is 11.6. The summed E-state index contributed by atoms with van der Waals surface area (Å²) in [4.78, 5) is 22.5. The molecule has 0 spiro atoms. The number of carbonyl (C=O) groups excluding carboxylic acids is 1. The summed E-state index contributed by atoms with van der Waals surface area (Å²) < 4.78 is 61.4. The Morgan fingerprint density at radius 1 is 0.810 bits per heavy atom. The van der Waals surface area contributed by atoms with Gasteiger partial charge in [-0.2, -0.15) is 0 Å². The summed E-state index contributed by atoms with van der Waals surface area (Å²) in [6.07, 6.45) is 0. The Balaban J connectivity index is 1.49. The molecule has 0 aliphatic rings. The lowest BCUT2D eigenvalue weighted by Gasteiger charge is -2.14. The summed E-state index contributed by atoms with van der Waals surface area (Å²) in [6.45, 7) is 0. The fourth-order valence-electron chi connectivity index (χ4n) is 3.62. The molecule has 12 nitrogen and oxygen atoms in total. The van der Waals surface area contributed by atoms with Crippen LogP contribution in [0.25, 0.3) is 0 Å². The third-order valence-corrected chi connectivity index (χ3v) is 9.20. The molecule has 0 saturated carbocycles. The molecule has 218 valence electrons. The average Bonchev–Trinajstić information content (AvgIpc) is 2.94. The van der Waals surface area contributed by atoms with Crippen molar-refractivity contribution in [3.8, 4) is 5.75 Å². The van der Waals surface area contributed by atoms with E-state index in [1.165, 1.54) is 55.6 Å². The summed E-state index contributed by atoms with van der Waals surface area (Å²) in [5, 5.41) is 13.4. The molecule has 0 atom stereocenters.